The van der Waals surface area contributed by atoms with E-state index in [0.717, 1.165) is 12.1 Å². The zero-order valence-corrected chi connectivity index (χ0v) is 13.9. The lowest BCUT2D eigenvalue weighted by Gasteiger charge is -2.04. The minimum Gasteiger partial charge on any atom is -0.502 e. The number of phenolic OH excluding ortho intramolecular Hbond substituents is 1. The number of hydrogen-bond donors (Lipinski definition) is 3. The SMILES string of the molecule is O=C(CCC(=O)Nc1ccc(F)cc1)NN=Cc1ccc(O)c([N+](=O)[O-])c1. The van der Waals surface area contributed by atoms with Crippen LogP contribution in [-0.4, -0.2) is 28.1 Å². The van der Waals surface area contributed by atoms with Gasteiger partial charge in [-0.15, -0.1) is 0 Å². The molecule has 0 aromatic heterocycles. The number of nitro groups is 1. The van der Waals surface area contributed by atoms with E-state index in [4.69, 9.17) is 0 Å². The number of halogens is 1. The molecular weight excluding hydrogens is 359 g/mol. The fraction of sp³-hybridized carbons (Fsp3) is 0.118. The molecule has 0 radical (unpaired) electrons. The van der Waals surface area contributed by atoms with Crippen molar-refractivity contribution in [2.75, 3.05) is 5.32 Å². The molecule has 9 nitrogen and oxygen atoms in total. The van der Waals surface area contributed by atoms with Gasteiger partial charge >= 0.3 is 5.69 Å². The lowest BCUT2D eigenvalue weighted by molar-refractivity contribution is -0.385. The van der Waals surface area contributed by atoms with Crippen molar-refractivity contribution in [2.24, 2.45) is 5.10 Å². The number of hydrazone groups is 1. The van der Waals surface area contributed by atoms with Crippen LogP contribution in [-0.2, 0) is 9.59 Å². The second-order valence-corrected chi connectivity index (χ2v) is 5.35. The predicted octanol–water partition coefficient (Wildman–Crippen LogP) is 2.31. The van der Waals surface area contributed by atoms with Crippen molar-refractivity contribution in [3.05, 3.63) is 64.0 Å². The highest BCUT2D eigenvalue weighted by Crippen LogP contribution is 2.25. The van der Waals surface area contributed by atoms with Gasteiger partial charge in [0.15, 0.2) is 5.75 Å². The summed E-state index contributed by atoms with van der Waals surface area (Å²) >= 11 is 0. The number of carbonyl (C=O) groups excluding carboxylic acids is 2. The van der Waals surface area contributed by atoms with Gasteiger partial charge in [0.1, 0.15) is 5.82 Å². The van der Waals surface area contributed by atoms with E-state index in [9.17, 15) is 29.2 Å². The molecule has 0 aliphatic rings. The van der Waals surface area contributed by atoms with Crippen molar-refractivity contribution in [3.63, 3.8) is 0 Å². The van der Waals surface area contributed by atoms with E-state index in [1.165, 1.54) is 36.5 Å². The third-order valence-corrected chi connectivity index (χ3v) is 3.31. The Hall–Kier alpha value is -3.82. The molecule has 0 atom stereocenters. The van der Waals surface area contributed by atoms with Crippen molar-refractivity contribution < 1.29 is 24.0 Å². The lowest BCUT2D eigenvalue weighted by Crippen LogP contribution is -2.20. The first kappa shape index (κ1) is 19.5. The third-order valence-electron chi connectivity index (χ3n) is 3.31. The summed E-state index contributed by atoms with van der Waals surface area (Å²) in [5, 5.41) is 26.2. The number of aromatic hydroxyl groups is 1. The van der Waals surface area contributed by atoms with E-state index < -0.39 is 34.0 Å². The highest BCUT2D eigenvalue weighted by atomic mass is 19.1. The molecule has 0 spiro atoms. The molecule has 0 aliphatic carbocycles. The second kappa shape index (κ2) is 9.04. The van der Waals surface area contributed by atoms with Crippen LogP contribution in [0.25, 0.3) is 0 Å². The Morgan fingerprint density at radius 2 is 1.81 bits per heavy atom. The molecular formula is C17H15FN4O5. The average molecular weight is 374 g/mol. The van der Waals surface area contributed by atoms with Crippen LogP contribution in [0.15, 0.2) is 47.6 Å². The smallest absolute Gasteiger partial charge is 0.311 e. The number of hydrogen-bond acceptors (Lipinski definition) is 6. The van der Waals surface area contributed by atoms with Gasteiger partial charge in [-0.05, 0) is 36.4 Å². The molecule has 2 amide bonds. The quantitative estimate of drug-likeness (QED) is 0.388. The number of nitrogens with zero attached hydrogens (tertiary/aromatic N) is 2. The predicted molar refractivity (Wildman–Crippen MR) is 94.8 cm³/mol. The molecule has 0 unspecified atom stereocenters. The molecule has 2 aromatic carbocycles. The maximum Gasteiger partial charge on any atom is 0.311 e. The molecule has 2 aromatic rings. The van der Waals surface area contributed by atoms with Gasteiger partial charge in [-0.3, -0.25) is 19.7 Å². The maximum absolute atomic E-state index is 12.8. The highest BCUT2D eigenvalue weighted by Gasteiger charge is 2.12. The molecule has 0 saturated heterocycles. The summed E-state index contributed by atoms with van der Waals surface area (Å²) in [6.45, 7) is 0. The maximum atomic E-state index is 12.8. The average Bonchev–Trinajstić information content (AvgIpc) is 2.63. The summed E-state index contributed by atoms with van der Waals surface area (Å²) in [7, 11) is 0. The number of rotatable bonds is 7. The summed E-state index contributed by atoms with van der Waals surface area (Å²) < 4.78 is 12.8. The Labute approximate surface area is 152 Å². The van der Waals surface area contributed by atoms with E-state index >= 15 is 0 Å². The topological polar surface area (TPSA) is 134 Å². The summed E-state index contributed by atoms with van der Waals surface area (Å²) in [6, 6.07) is 8.81. The van der Waals surface area contributed by atoms with Crippen LogP contribution < -0.4 is 10.7 Å². The lowest BCUT2D eigenvalue weighted by atomic mass is 10.2. The Kier molecular flexibility index (Phi) is 6.53. The van der Waals surface area contributed by atoms with Gasteiger partial charge in [0.2, 0.25) is 11.8 Å². The molecule has 10 heteroatoms. The van der Waals surface area contributed by atoms with Crippen LogP contribution in [0, 0.1) is 15.9 Å². The van der Waals surface area contributed by atoms with Gasteiger partial charge in [0, 0.05) is 30.2 Å². The van der Waals surface area contributed by atoms with Crippen LogP contribution in [0.1, 0.15) is 18.4 Å². The normalized spacial score (nSPS) is 10.6. The van der Waals surface area contributed by atoms with Gasteiger partial charge in [0.25, 0.3) is 0 Å². The summed E-state index contributed by atoms with van der Waals surface area (Å²) in [5.74, 6) is -1.86. The van der Waals surface area contributed by atoms with Crippen LogP contribution in [0.4, 0.5) is 15.8 Å². The van der Waals surface area contributed by atoms with Gasteiger partial charge in [-0.2, -0.15) is 5.10 Å². The monoisotopic (exact) mass is 374 g/mol. The zero-order chi connectivity index (χ0) is 19.8. The van der Waals surface area contributed by atoms with E-state index in [1.54, 1.807) is 0 Å². The molecule has 0 heterocycles. The van der Waals surface area contributed by atoms with Gasteiger partial charge < -0.3 is 10.4 Å². The number of amides is 2. The fourth-order valence-corrected chi connectivity index (χ4v) is 1.99. The van der Waals surface area contributed by atoms with Crippen LogP contribution >= 0.6 is 0 Å². The molecule has 2 rings (SSSR count). The molecule has 140 valence electrons. The minimum atomic E-state index is -0.745. The number of phenols is 1. The molecule has 0 saturated carbocycles. The van der Waals surface area contributed by atoms with Crippen molar-refractivity contribution in [2.45, 2.75) is 12.8 Å². The molecule has 27 heavy (non-hydrogen) atoms. The van der Waals surface area contributed by atoms with E-state index in [-0.39, 0.29) is 12.8 Å². The van der Waals surface area contributed by atoms with Crippen molar-refractivity contribution >= 4 is 29.4 Å². The van der Waals surface area contributed by atoms with Crippen molar-refractivity contribution in [3.8, 4) is 5.75 Å². The number of nitro benzene ring substituents is 1. The van der Waals surface area contributed by atoms with Crippen molar-refractivity contribution in [1.29, 1.82) is 0 Å². The number of anilines is 1. The van der Waals surface area contributed by atoms with Crippen LogP contribution in [0.2, 0.25) is 0 Å². The Morgan fingerprint density at radius 1 is 1.15 bits per heavy atom. The summed E-state index contributed by atoms with van der Waals surface area (Å²) in [4.78, 5) is 33.4. The standard InChI is InChI=1S/C17H15FN4O5/c18-12-2-4-13(5-3-12)20-16(24)7-8-17(25)21-19-10-11-1-6-15(23)14(9-11)22(26)27/h1-6,9-10,23H,7-8H2,(H,20,24)(H,21,25). The zero-order valence-electron chi connectivity index (χ0n) is 13.9. The molecule has 3 N–H and O–H groups in total. The first-order chi connectivity index (χ1) is 12.8. The molecule has 0 bridgehead atoms. The van der Waals surface area contributed by atoms with E-state index in [0.29, 0.717) is 11.3 Å². The van der Waals surface area contributed by atoms with E-state index in [1.807, 2.05) is 0 Å². The summed E-state index contributed by atoms with van der Waals surface area (Å²) in [6.07, 6.45) is 0.923. The Bertz CT molecular complexity index is 883. The van der Waals surface area contributed by atoms with Crippen LogP contribution in [0.3, 0.4) is 0 Å². The van der Waals surface area contributed by atoms with E-state index in [2.05, 4.69) is 15.8 Å². The van der Waals surface area contributed by atoms with Gasteiger partial charge in [-0.25, -0.2) is 9.82 Å². The fourth-order valence-electron chi connectivity index (χ4n) is 1.99. The third kappa shape index (κ3) is 6.20. The highest BCUT2D eigenvalue weighted by molar-refractivity contribution is 5.93. The summed E-state index contributed by atoms with van der Waals surface area (Å²) in [5.41, 5.74) is 2.42. The largest absolute Gasteiger partial charge is 0.502 e. The second-order valence-electron chi connectivity index (χ2n) is 5.35. The van der Waals surface area contributed by atoms with Gasteiger partial charge in [0.05, 0.1) is 11.1 Å². The number of nitrogens with one attached hydrogen (secondary N) is 2. The number of benzene rings is 2. The number of carbonyl (C=O) groups is 2. The minimum absolute atomic E-state index is 0.108. The Morgan fingerprint density at radius 3 is 2.48 bits per heavy atom. The Balaban J connectivity index is 1.79. The first-order valence-electron chi connectivity index (χ1n) is 7.70. The molecule has 0 aliphatic heterocycles. The molecule has 0 fully saturated rings. The van der Waals surface area contributed by atoms with Gasteiger partial charge in [-0.1, -0.05) is 0 Å². The van der Waals surface area contributed by atoms with Crippen molar-refractivity contribution in [1.82, 2.24) is 5.43 Å². The van der Waals surface area contributed by atoms with Crippen LogP contribution in [0.5, 0.6) is 5.75 Å². The first-order valence-corrected chi connectivity index (χ1v) is 7.70.